The molecular formula is C15H24N2O. The van der Waals surface area contributed by atoms with Crippen LogP contribution < -0.4 is 0 Å². The normalized spacial score (nSPS) is 18.1. The summed E-state index contributed by atoms with van der Waals surface area (Å²) in [5.41, 5.74) is 2.62. The van der Waals surface area contributed by atoms with Gasteiger partial charge in [0.15, 0.2) is 0 Å². The summed E-state index contributed by atoms with van der Waals surface area (Å²) in [5.74, 6) is 0. The molecule has 1 N–H and O–H groups in total. The molecule has 0 aromatic heterocycles. The smallest absolute Gasteiger partial charge is 0.0471 e. The molecule has 2 rings (SSSR count). The number of aliphatic hydroxyl groups is 1. The van der Waals surface area contributed by atoms with E-state index >= 15 is 0 Å². The minimum absolute atomic E-state index is 0.237. The van der Waals surface area contributed by atoms with Crippen molar-refractivity contribution < 1.29 is 5.11 Å². The van der Waals surface area contributed by atoms with Crippen LogP contribution in [-0.4, -0.2) is 61.3 Å². The fraction of sp³-hybridized carbons (Fsp3) is 0.600. The van der Waals surface area contributed by atoms with Gasteiger partial charge in [0.05, 0.1) is 0 Å². The predicted molar refractivity (Wildman–Crippen MR) is 74.9 cm³/mol. The first-order valence-electron chi connectivity index (χ1n) is 6.87. The molecule has 1 aliphatic rings. The number of aliphatic hydroxyl groups excluding tert-OH is 1. The minimum atomic E-state index is 0.237. The van der Waals surface area contributed by atoms with Crippen LogP contribution in [0.4, 0.5) is 0 Å². The SMILES string of the molecule is CN1CCN(CCc2ccc(CCO)cc2)CC1. The molecule has 3 heteroatoms. The number of likely N-dealkylation sites (N-methyl/N-ethyl adjacent to an activating group) is 1. The van der Waals surface area contributed by atoms with E-state index in [0.717, 1.165) is 19.4 Å². The molecule has 1 aromatic carbocycles. The van der Waals surface area contributed by atoms with Gasteiger partial charge in [-0.3, -0.25) is 0 Å². The third-order valence-corrected chi connectivity index (χ3v) is 3.74. The van der Waals surface area contributed by atoms with E-state index < -0.39 is 0 Å². The van der Waals surface area contributed by atoms with Crippen molar-refractivity contribution in [2.45, 2.75) is 12.8 Å². The van der Waals surface area contributed by atoms with Crippen LogP contribution in [0.2, 0.25) is 0 Å². The van der Waals surface area contributed by atoms with Gasteiger partial charge in [0.2, 0.25) is 0 Å². The van der Waals surface area contributed by atoms with Crippen LogP contribution in [0, 0.1) is 0 Å². The molecule has 0 atom stereocenters. The fourth-order valence-electron chi connectivity index (χ4n) is 2.36. The lowest BCUT2D eigenvalue weighted by Gasteiger charge is -2.32. The van der Waals surface area contributed by atoms with Crippen LogP contribution in [0.25, 0.3) is 0 Å². The monoisotopic (exact) mass is 248 g/mol. The molecule has 1 saturated heterocycles. The summed E-state index contributed by atoms with van der Waals surface area (Å²) in [6.45, 7) is 6.16. The largest absolute Gasteiger partial charge is 0.396 e. The third-order valence-electron chi connectivity index (χ3n) is 3.74. The summed E-state index contributed by atoms with van der Waals surface area (Å²) in [7, 11) is 2.19. The highest BCUT2D eigenvalue weighted by Crippen LogP contribution is 2.07. The zero-order valence-electron chi connectivity index (χ0n) is 11.3. The quantitative estimate of drug-likeness (QED) is 0.842. The molecule has 0 radical (unpaired) electrons. The predicted octanol–water partition coefficient (Wildman–Crippen LogP) is 1.01. The fourth-order valence-corrected chi connectivity index (χ4v) is 2.36. The van der Waals surface area contributed by atoms with Crippen LogP contribution in [-0.2, 0) is 12.8 Å². The molecule has 1 aromatic rings. The van der Waals surface area contributed by atoms with E-state index in [1.807, 2.05) is 0 Å². The van der Waals surface area contributed by atoms with Gasteiger partial charge < -0.3 is 14.9 Å². The second kappa shape index (κ2) is 6.88. The summed E-state index contributed by atoms with van der Waals surface area (Å²) in [5, 5.41) is 8.87. The van der Waals surface area contributed by atoms with Crippen molar-refractivity contribution in [1.29, 1.82) is 0 Å². The van der Waals surface area contributed by atoms with E-state index in [2.05, 4.69) is 41.1 Å². The van der Waals surface area contributed by atoms with Crippen LogP contribution >= 0.6 is 0 Å². The number of piperazine rings is 1. The van der Waals surface area contributed by atoms with Crippen molar-refractivity contribution >= 4 is 0 Å². The Kier molecular flexibility index (Phi) is 5.17. The summed E-state index contributed by atoms with van der Waals surface area (Å²) >= 11 is 0. The van der Waals surface area contributed by atoms with Gasteiger partial charge in [-0.15, -0.1) is 0 Å². The lowest BCUT2D eigenvalue weighted by molar-refractivity contribution is 0.155. The highest BCUT2D eigenvalue weighted by molar-refractivity contribution is 5.22. The van der Waals surface area contributed by atoms with Crippen molar-refractivity contribution in [3.8, 4) is 0 Å². The Morgan fingerprint density at radius 3 is 2.06 bits per heavy atom. The Morgan fingerprint density at radius 2 is 1.50 bits per heavy atom. The molecule has 100 valence electrons. The number of rotatable bonds is 5. The summed E-state index contributed by atoms with van der Waals surface area (Å²) in [4.78, 5) is 4.93. The first-order chi connectivity index (χ1) is 8.78. The van der Waals surface area contributed by atoms with Crippen LogP contribution in [0.3, 0.4) is 0 Å². The van der Waals surface area contributed by atoms with Gasteiger partial charge in [-0.1, -0.05) is 24.3 Å². The Balaban J connectivity index is 1.76. The zero-order valence-corrected chi connectivity index (χ0v) is 11.3. The Morgan fingerprint density at radius 1 is 0.944 bits per heavy atom. The molecule has 1 fully saturated rings. The van der Waals surface area contributed by atoms with Crippen molar-refractivity contribution in [2.24, 2.45) is 0 Å². The van der Waals surface area contributed by atoms with Gasteiger partial charge in [-0.05, 0) is 31.0 Å². The molecule has 3 nitrogen and oxygen atoms in total. The van der Waals surface area contributed by atoms with Crippen molar-refractivity contribution in [1.82, 2.24) is 9.80 Å². The van der Waals surface area contributed by atoms with E-state index in [9.17, 15) is 0 Å². The zero-order chi connectivity index (χ0) is 12.8. The standard InChI is InChI=1S/C15H24N2O/c1-16-9-11-17(12-10-16)8-6-14-2-4-15(5-3-14)7-13-18/h2-5,18H,6-13H2,1H3. The van der Waals surface area contributed by atoms with Gasteiger partial charge in [0.25, 0.3) is 0 Å². The molecule has 0 unspecified atom stereocenters. The molecule has 0 bridgehead atoms. The van der Waals surface area contributed by atoms with Gasteiger partial charge in [0.1, 0.15) is 0 Å². The Labute approximate surface area is 110 Å². The number of hydrogen-bond donors (Lipinski definition) is 1. The lowest BCUT2D eigenvalue weighted by atomic mass is 10.1. The van der Waals surface area contributed by atoms with E-state index in [1.54, 1.807) is 0 Å². The van der Waals surface area contributed by atoms with E-state index in [4.69, 9.17) is 5.11 Å². The Bertz CT molecular complexity index is 342. The number of benzene rings is 1. The average molecular weight is 248 g/mol. The second-order valence-corrected chi connectivity index (χ2v) is 5.19. The van der Waals surface area contributed by atoms with Crippen LogP contribution in [0.1, 0.15) is 11.1 Å². The van der Waals surface area contributed by atoms with Gasteiger partial charge in [0, 0.05) is 39.3 Å². The lowest BCUT2D eigenvalue weighted by Crippen LogP contribution is -2.45. The molecule has 0 spiro atoms. The van der Waals surface area contributed by atoms with Gasteiger partial charge in [-0.2, -0.15) is 0 Å². The molecule has 0 aliphatic carbocycles. The summed E-state index contributed by atoms with van der Waals surface area (Å²) in [6, 6.07) is 8.66. The number of hydrogen-bond acceptors (Lipinski definition) is 3. The first-order valence-corrected chi connectivity index (χ1v) is 6.87. The molecule has 0 amide bonds. The van der Waals surface area contributed by atoms with Crippen LogP contribution in [0.15, 0.2) is 24.3 Å². The van der Waals surface area contributed by atoms with Gasteiger partial charge in [-0.25, -0.2) is 0 Å². The molecular weight excluding hydrogens is 224 g/mol. The molecule has 1 aliphatic heterocycles. The maximum atomic E-state index is 8.87. The number of nitrogens with zero attached hydrogens (tertiary/aromatic N) is 2. The molecule has 0 saturated carbocycles. The van der Waals surface area contributed by atoms with Crippen LogP contribution in [0.5, 0.6) is 0 Å². The van der Waals surface area contributed by atoms with Crippen molar-refractivity contribution in [2.75, 3.05) is 46.4 Å². The molecule has 1 heterocycles. The third kappa shape index (κ3) is 4.09. The summed E-state index contributed by atoms with van der Waals surface area (Å²) in [6.07, 6.45) is 1.89. The summed E-state index contributed by atoms with van der Waals surface area (Å²) < 4.78 is 0. The minimum Gasteiger partial charge on any atom is -0.396 e. The van der Waals surface area contributed by atoms with E-state index in [1.165, 1.54) is 37.3 Å². The maximum absolute atomic E-state index is 8.87. The van der Waals surface area contributed by atoms with Crippen molar-refractivity contribution in [3.63, 3.8) is 0 Å². The average Bonchev–Trinajstić information content (AvgIpc) is 2.40. The van der Waals surface area contributed by atoms with Gasteiger partial charge >= 0.3 is 0 Å². The first kappa shape index (κ1) is 13.5. The van der Waals surface area contributed by atoms with E-state index in [-0.39, 0.29) is 6.61 Å². The highest BCUT2D eigenvalue weighted by atomic mass is 16.2. The topological polar surface area (TPSA) is 26.7 Å². The Hall–Kier alpha value is -0.900. The maximum Gasteiger partial charge on any atom is 0.0471 e. The molecule has 18 heavy (non-hydrogen) atoms. The van der Waals surface area contributed by atoms with E-state index in [0.29, 0.717) is 0 Å². The highest BCUT2D eigenvalue weighted by Gasteiger charge is 2.12. The second-order valence-electron chi connectivity index (χ2n) is 5.19. The van der Waals surface area contributed by atoms with Crippen molar-refractivity contribution in [3.05, 3.63) is 35.4 Å².